The summed E-state index contributed by atoms with van der Waals surface area (Å²) in [4.78, 5) is 4.26. The average Bonchev–Trinajstić information content (AvgIpc) is 2.70. The molecule has 0 radical (unpaired) electrons. The molecule has 1 aliphatic carbocycles. The van der Waals surface area contributed by atoms with Gasteiger partial charge in [-0.15, -0.1) is 4.73 Å². The van der Waals surface area contributed by atoms with Crippen molar-refractivity contribution in [1.82, 2.24) is 15.0 Å². The third-order valence-electron chi connectivity index (χ3n) is 4.29. The van der Waals surface area contributed by atoms with Crippen LogP contribution < -0.4 is 16.5 Å². The normalized spacial score (nSPS) is 31.2. The van der Waals surface area contributed by atoms with Crippen LogP contribution in [0.2, 0.25) is 0 Å². The number of hydrogen-bond acceptors (Lipinski definition) is 5. The lowest BCUT2D eigenvalue weighted by Gasteiger charge is -2.31. The van der Waals surface area contributed by atoms with E-state index in [9.17, 15) is 5.21 Å². The van der Waals surface area contributed by atoms with Crippen molar-refractivity contribution < 1.29 is 5.21 Å². The lowest BCUT2D eigenvalue weighted by atomic mass is 9.74. The summed E-state index contributed by atoms with van der Waals surface area (Å²) in [5.74, 6) is 1.65. The van der Waals surface area contributed by atoms with Gasteiger partial charge in [-0.25, -0.2) is 4.98 Å². The number of aromatic nitrogens is 2. The van der Waals surface area contributed by atoms with E-state index in [4.69, 9.17) is 11.1 Å². The predicted octanol–water partition coefficient (Wildman–Crippen LogP) is 0.285. The minimum atomic E-state index is 0.00517. The monoisotopic (exact) mass is 249 g/mol. The maximum Gasteiger partial charge on any atom is 0.236 e. The second-order valence-electron chi connectivity index (χ2n) is 5.44. The first kappa shape index (κ1) is 11.5. The third-order valence-corrected chi connectivity index (χ3v) is 4.29. The molecule has 3 atom stereocenters. The van der Waals surface area contributed by atoms with E-state index < -0.39 is 0 Å². The Hall–Kier alpha value is -1.56. The van der Waals surface area contributed by atoms with Crippen LogP contribution in [0.5, 0.6) is 0 Å². The molecular formula is C12H19N5O. The van der Waals surface area contributed by atoms with E-state index in [1.54, 1.807) is 6.07 Å². The molecule has 2 aliphatic heterocycles. The largest absolute Gasteiger partial charge is 0.423 e. The van der Waals surface area contributed by atoms with E-state index in [-0.39, 0.29) is 11.4 Å². The highest BCUT2D eigenvalue weighted by molar-refractivity contribution is 5.22. The second-order valence-corrected chi connectivity index (χ2v) is 5.44. The van der Waals surface area contributed by atoms with Crippen molar-refractivity contribution in [3.05, 3.63) is 17.2 Å². The Morgan fingerprint density at radius 1 is 1.44 bits per heavy atom. The summed E-state index contributed by atoms with van der Waals surface area (Å²) in [5.41, 5.74) is 6.50. The van der Waals surface area contributed by atoms with Gasteiger partial charge in [0.2, 0.25) is 5.95 Å². The fraction of sp³-hybridized carbons (Fsp3) is 0.667. The van der Waals surface area contributed by atoms with Crippen LogP contribution in [0.15, 0.2) is 6.07 Å². The summed E-state index contributed by atoms with van der Waals surface area (Å²) < 4.78 is 0.622. The predicted molar refractivity (Wildman–Crippen MR) is 66.1 cm³/mol. The Bertz CT molecular complexity index is 508. The fourth-order valence-electron chi connectivity index (χ4n) is 3.31. The summed E-state index contributed by atoms with van der Waals surface area (Å²) >= 11 is 0. The summed E-state index contributed by atoms with van der Waals surface area (Å²) in [6, 6.07) is 1.64. The smallest absolute Gasteiger partial charge is 0.236 e. The summed E-state index contributed by atoms with van der Waals surface area (Å²) in [7, 11) is 0. The van der Waals surface area contributed by atoms with Crippen LogP contribution in [0.3, 0.4) is 0 Å². The topological polar surface area (TPSA) is 100.0 Å². The Labute approximate surface area is 105 Å². The van der Waals surface area contributed by atoms with E-state index in [1.807, 2.05) is 0 Å². The molecule has 2 saturated heterocycles. The first-order valence-electron chi connectivity index (χ1n) is 6.49. The molecule has 6 heteroatoms. The van der Waals surface area contributed by atoms with Gasteiger partial charge in [0.15, 0.2) is 5.49 Å². The Kier molecular flexibility index (Phi) is 2.74. The van der Waals surface area contributed by atoms with Crippen molar-refractivity contribution in [3.8, 4) is 0 Å². The number of nitrogens with zero attached hydrogens (tertiary/aromatic N) is 2. The molecule has 4 rings (SSSR count). The van der Waals surface area contributed by atoms with Crippen molar-refractivity contribution in [3.63, 3.8) is 0 Å². The quantitative estimate of drug-likeness (QED) is 0.537. The highest BCUT2D eigenvalue weighted by atomic mass is 16.5. The summed E-state index contributed by atoms with van der Waals surface area (Å²) in [6.07, 6.45) is 3.61. The van der Waals surface area contributed by atoms with E-state index in [1.165, 1.54) is 12.8 Å². The Balaban J connectivity index is 1.97. The van der Waals surface area contributed by atoms with Crippen molar-refractivity contribution in [2.24, 2.45) is 11.8 Å². The maximum atomic E-state index is 9.45. The van der Waals surface area contributed by atoms with Crippen LogP contribution in [0, 0.1) is 17.2 Å². The molecule has 98 valence electrons. The molecule has 0 amide bonds. The summed E-state index contributed by atoms with van der Waals surface area (Å²) in [6.45, 7) is 2.10. The second kappa shape index (κ2) is 4.28. The number of nitrogen functional groups attached to an aromatic ring is 1. The molecule has 1 aromatic rings. The van der Waals surface area contributed by atoms with Gasteiger partial charge in [0.05, 0.1) is 5.69 Å². The Morgan fingerprint density at radius 3 is 3.06 bits per heavy atom. The van der Waals surface area contributed by atoms with E-state index >= 15 is 0 Å². The molecule has 2 bridgehead atoms. The molecule has 0 spiro atoms. The molecule has 1 aromatic heterocycles. The number of anilines is 1. The van der Waals surface area contributed by atoms with E-state index in [0.717, 1.165) is 25.2 Å². The lowest BCUT2D eigenvalue weighted by Crippen LogP contribution is -2.28. The Morgan fingerprint density at radius 2 is 2.28 bits per heavy atom. The van der Waals surface area contributed by atoms with Crippen molar-refractivity contribution in [2.45, 2.75) is 25.2 Å². The molecular weight excluding hydrogens is 230 g/mol. The fourth-order valence-corrected chi connectivity index (χ4v) is 3.31. The standard InChI is InChI=1S/C12H19N5O/c13-11-4-10(16-12(14)17(11)18)9-3-7-1-2-8(9)6-15-5-7/h4,7-9,13,15,18H,1-3,5-6H2,(H2,14,16). The highest BCUT2D eigenvalue weighted by Gasteiger charge is 2.35. The van der Waals surface area contributed by atoms with Crippen LogP contribution in [0.4, 0.5) is 5.95 Å². The first-order chi connectivity index (χ1) is 8.65. The third kappa shape index (κ3) is 1.86. The number of rotatable bonds is 1. The molecule has 5 N–H and O–H groups in total. The average molecular weight is 249 g/mol. The minimum Gasteiger partial charge on any atom is -0.423 e. The molecule has 6 nitrogen and oxygen atoms in total. The van der Waals surface area contributed by atoms with Crippen LogP contribution in [0.1, 0.15) is 30.9 Å². The van der Waals surface area contributed by atoms with Crippen molar-refractivity contribution >= 4 is 5.95 Å². The molecule has 18 heavy (non-hydrogen) atoms. The van der Waals surface area contributed by atoms with Gasteiger partial charge in [-0.05, 0) is 44.2 Å². The van der Waals surface area contributed by atoms with E-state index in [0.29, 0.717) is 22.5 Å². The van der Waals surface area contributed by atoms with Crippen LogP contribution in [-0.2, 0) is 0 Å². The van der Waals surface area contributed by atoms with Gasteiger partial charge >= 0.3 is 0 Å². The SMILES string of the molecule is N=c1cc(C2CC3CCC2CNC3)nc(N)n1O. The van der Waals surface area contributed by atoms with Gasteiger partial charge in [-0.2, -0.15) is 0 Å². The van der Waals surface area contributed by atoms with Crippen molar-refractivity contribution in [1.29, 1.82) is 5.41 Å². The van der Waals surface area contributed by atoms with Gasteiger partial charge in [-0.1, -0.05) is 0 Å². The molecule has 1 saturated carbocycles. The molecule has 3 unspecified atom stereocenters. The van der Waals surface area contributed by atoms with Gasteiger partial charge in [0.1, 0.15) is 0 Å². The molecule has 3 aliphatic rings. The minimum absolute atomic E-state index is 0.00517. The zero-order chi connectivity index (χ0) is 12.7. The van der Waals surface area contributed by atoms with Gasteiger partial charge in [-0.3, -0.25) is 5.41 Å². The van der Waals surface area contributed by atoms with Gasteiger partial charge < -0.3 is 16.3 Å². The van der Waals surface area contributed by atoms with E-state index in [2.05, 4.69) is 10.3 Å². The first-order valence-corrected chi connectivity index (χ1v) is 6.49. The summed E-state index contributed by atoms with van der Waals surface area (Å²) in [5, 5.41) is 20.6. The lowest BCUT2D eigenvalue weighted by molar-refractivity contribution is 0.172. The number of nitrogens with two attached hydrogens (primary N) is 1. The highest BCUT2D eigenvalue weighted by Crippen LogP contribution is 2.41. The molecule has 3 heterocycles. The van der Waals surface area contributed by atoms with Gasteiger partial charge in [0, 0.05) is 12.0 Å². The van der Waals surface area contributed by atoms with Crippen LogP contribution in [0.25, 0.3) is 0 Å². The zero-order valence-corrected chi connectivity index (χ0v) is 10.3. The zero-order valence-electron chi connectivity index (χ0n) is 10.3. The number of fused-ring (bicyclic) bond motifs is 4. The number of nitrogens with one attached hydrogen (secondary N) is 2. The van der Waals surface area contributed by atoms with Crippen molar-refractivity contribution in [2.75, 3.05) is 18.8 Å². The van der Waals surface area contributed by atoms with Crippen LogP contribution >= 0.6 is 0 Å². The number of hydrogen-bond donors (Lipinski definition) is 4. The van der Waals surface area contributed by atoms with Crippen LogP contribution in [-0.4, -0.2) is 28.0 Å². The molecule has 0 aromatic carbocycles. The maximum absolute atomic E-state index is 9.45. The van der Waals surface area contributed by atoms with Gasteiger partial charge in [0.25, 0.3) is 0 Å². The molecule has 3 fully saturated rings.